The molecule has 0 aromatic carbocycles. The molecule has 2 nitrogen and oxygen atoms in total. The Bertz CT molecular complexity index is 403. The zero-order chi connectivity index (χ0) is 13.0. The third-order valence-corrected chi connectivity index (χ3v) is 3.92. The quantitative estimate of drug-likeness (QED) is 0.747. The number of allylic oxidation sites excluding steroid dienone is 4. The first kappa shape index (κ1) is 13.1. The second-order valence-electron chi connectivity index (χ2n) is 5.43. The topological polar surface area (TPSA) is 24.4 Å². The zero-order valence-corrected chi connectivity index (χ0v) is 11.7. The van der Waals surface area contributed by atoms with Gasteiger partial charge in [-0.3, -0.25) is 5.43 Å². The van der Waals surface area contributed by atoms with Crippen molar-refractivity contribution in [2.75, 3.05) is 0 Å². The Morgan fingerprint density at radius 1 is 1.28 bits per heavy atom. The van der Waals surface area contributed by atoms with Crippen molar-refractivity contribution in [3.8, 4) is 0 Å². The van der Waals surface area contributed by atoms with Crippen LogP contribution in [-0.4, -0.2) is 11.8 Å². The summed E-state index contributed by atoms with van der Waals surface area (Å²) >= 11 is 0. The van der Waals surface area contributed by atoms with Gasteiger partial charge in [0.05, 0.1) is 11.8 Å². The molecule has 0 saturated carbocycles. The van der Waals surface area contributed by atoms with Crippen LogP contribution in [0.3, 0.4) is 0 Å². The Morgan fingerprint density at radius 2 is 2.11 bits per heavy atom. The third-order valence-electron chi connectivity index (χ3n) is 3.92. The molecule has 1 aliphatic heterocycles. The molecule has 0 radical (unpaired) electrons. The lowest BCUT2D eigenvalue weighted by Crippen LogP contribution is -2.31. The second-order valence-corrected chi connectivity index (χ2v) is 5.43. The van der Waals surface area contributed by atoms with Gasteiger partial charge in [-0.05, 0) is 25.7 Å². The summed E-state index contributed by atoms with van der Waals surface area (Å²) in [5.41, 5.74) is 4.52. The molecule has 2 bridgehead atoms. The van der Waals surface area contributed by atoms with E-state index in [1.165, 1.54) is 18.6 Å². The van der Waals surface area contributed by atoms with E-state index in [0.29, 0.717) is 5.92 Å². The van der Waals surface area contributed by atoms with Crippen molar-refractivity contribution in [1.82, 2.24) is 5.43 Å². The molecule has 0 amide bonds. The van der Waals surface area contributed by atoms with Gasteiger partial charge in [0.2, 0.25) is 0 Å². The molecule has 2 heteroatoms. The van der Waals surface area contributed by atoms with E-state index in [-0.39, 0.29) is 11.5 Å². The molecule has 18 heavy (non-hydrogen) atoms. The van der Waals surface area contributed by atoms with Gasteiger partial charge >= 0.3 is 0 Å². The van der Waals surface area contributed by atoms with Crippen LogP contribution < -0.4 is 5.43 Å². The SMILES string of the molecule is CCCC(CC)C1=NNC2C=CC1(C)/C=C\C=C/2. The molecule has 1 N–H and O–H groups in total. The van der Waals surface area contributed by atoms with Crippen LogP contribution in [0, 0.1) is 11.3 Å². The first-order valence-electron chi connectivity index (χ1n) is 7.08. The molecule has 3 atom stereocenters. The molecule has 98 valence electrons. The Hall–Kier alpha value is -1.31. The van der Waals surface area contributed by atoms with Gasteiger partial charge in [0.1, 0.15) is 0 Å². The second kappa shape index (κ2) is 5.55. The number of nitrogens with zero attached hydrogens (tertiary/aromatic N) is 1. The molecule has 1 heterocycles. The molecule has 2 rings (SSSR count). The molecule has 0 aromatic heterocycles. The summed E-state index contributed by atoms with van der Waals surface area (Å²) in [6, 6.07) is 0.228. The smallest absolute Gasteiger partial charge is 0.0804 e. The van der Waals surface area contributed by atoms with Crippen LogP contribution in [0.5, 0.6) is 0 Å². The van der Waals surface area contributed by atoms with Gasteiger partial charge in [-0.25, -0.2) is 0 Å². The summed E-state index contributed by atoms with van der Waals surface area (Å²) in [4.78, 5) is 0. The summed E-state index contributed by atoms with van der Waals surface area (Å²) < 4.78 is 0. The number of nitrogens with one attached hydrogen (secondary N) is 1. The lowest BCUT2D eigenvalue weighted by atomic mass is 9.75. The average Bonchev–Trinajstić information content (AvgIpc) is 2.45. The first-order chi connectivity index (χ1) is 8.69. The van der Waals surface area contributed by atoms with Gasteiger partial charge in [0, 0.05) is 5.41 Å². The highest BCUT2D eigenvalue weighted by molar-refractivity contribution is 5.95. The van der Waals surface area contributed by atoms with Crippen molar-refractivity contribution in [2.45, 2.75) is 46.1 Å². The van der Waals surface area contributed by atoms with Crippen LogP contribution in [0.25, 0.3) is 0 Å². The van der Waals surface area contributed by atoms with Crippen LogP contribution >= 0.6 is 0 Å². The molecule has 0 aromatic rings. The maximum absolute atomic E-state index is 4.73. The van der Waals surface area contributed by atoms with Crippen molar-refractivity contribution in [1.29, 1.82) is 0 Å². The van der Waals surface area contributed by atoms with Crippen LogP contribution in [0.2, 0.25) is 0 Å². The van der Waals surface area contributed by atoms with Crippen molar-refractivity contribution in [2.24, 2.45) is 16.4 Å². The van der Waals surface area contributed by atoms with Gasteiger partial charge in [0.15, 0.2) is 0 Å². The van der Waals surface area contributed by atoms with E-state index in [1.807, 2.05) is 0 Å². The molecule has 3 unspecified atom stereocenters. The van der Waals surface area contributed by atoms with Crippen molar-refractivity contribution in [3.05, 3.63) is 36.5 Å². The number of hydrogen-bond acceptors (Lipinski definition) is 2. The molecular weight excluding hydrogens is 220 g/mol. The molecular formula is C16H24N2. The Kier molecular flexibility index (Phi) is 4.05. The average molecular weight is 244 g/mol. The van der Waals surface area contributed by atoms with E-state index >= 15 is 0 Å². The highest BCUT2D eigenvalue weighted by Gasteiger charge is 2.32. The van der Waals surface area contributed by atoms with E-state index in [0.717, 1.165) is 6.42 Å². The van der Waals surface area contributed by atoms with Crippen LogP contribution in [-0.2, 0) is 0 Å². The number of fused-ring (bicyclic) bond motifs is 2. The van der Waals surface area contributed by atoms with E-state index in [9.17, 15) is 0 Å². The first-order valence-corrected chi connectivity index (χ1v) is 7.08. The maximum atomic E-state index is 4.73. The van der Waals surface area contributed by atoms with Gasteiger partial charge in [-0.15, -0.1) is 0 Å². The van der Waals surface area contributed by atoms with E-state index in [1.54, 1.807) is 0 Å². The highest BCUT2D eigenvalue weighted by atomic mass is 15.3. The minimum absolute atomic E-state index is 0.0393. The fraction of sp³-hybridized carbons (Fsp3) is 0.562. The predicted octanol–water partition coefficient (Wildman–Crippen LogP) is 3.83. The molecule has 0 fully saturated rings. The number of hydrazone groups is 1. The van der Waals surface area contributed by atoms with Crippen molar-refractivity contribution >= 4 is 5.71 Å². The molecule has 2 aliphatic rings. The Labute approximate surface area is 111 Å². The van der Waals surface area contributed by atoms with Gasteiger partial charge in [-0.2, -0.15) is 5.10 Å². The maximum Gasteiger partial charge on any atom is 0.0804 e. The largest absolute Gasteiger partial charge is 0.299 e. The number of hydrogen-bond donors (Lipinski definition) is 1. The molecule has 0 saturated heterocycles. The van der Waals surface area contributed by atoms with Crippen LogP contribution in [0.15, 0.2) is 41.6 Å². The van der Waals surface area contributed by atoms with Crippen LogP contribution in [0.1, 0.15) is 40.0 Å². The lowest BCUT2D eigenvalue weighted by Gasteiger charge is -2.29. The summed E-state index contributed by atoms with van der Waals surface area (Å²) in [6.45, 7) is 6.77. The monoisotopic (exact) mass is 244 g/mol. The van der Waals surface area contributed by atoms with E-state index < -0.39 is 0 Å². The van der Waals surface area contributed by atoms with Crippen LogP contribution in [0.4, 0.5) is 0 Å². The van der Waals surface area contributed by atoms with Gasteiger partial charge in [0.25, 0.3) is 0 Å². The summed E-state index contributed by atoms with van der Waals surface area (Å²) in [5.74, 6) is 0.568. The minimum Gasteiger partial charge on any atom is -0.299 e. The van der Waals surface area contributed by atoms with E-state index in [4.69, 9.17) is 5.10 Å². The Morgan fingerprint density at radius 3 is 2.83 bits per heavy atom. The molecule has 1 aliphatic carbocycles. The fourth-order valence-electron chi connectivity index (χ4n) is 2.80. The molecule has 0 spiro atoms. The summed E-state index contributed by atoms with van der Waals surface area (Å²) in [5, 5.41) is 4.73. The van der Waals surface area contributed by atoms with Gasteiger partial charge < -0.3 is 0 Å². The third kappa shape index (κ3) is 2.58. The van der Waals surface area contributed by atoms with Crippen molar-refractivity contribution < 1.29 is 0 Å². The number of rotatable bonds is 4. The summed E-state index contributed by atoms with van der Waals surface area (Å²) in [7, 11) is 0. The standard InChI is InChI=1S/C16H24N2/c1-4-8-13(5-2)15-16(3)11-7-6-9-14(10-12-16)17-18-15/h6-7,9-14,17H,4-5,8H2,1-3H3/b9-6-,11-7-. The highest BCUT2D eigenvalue weighted by Crippen LogP contribution is 2.33. The van der Waals surface area contributed by atoms with Crippen molar-refractivity contribution in [3.63, 3.8) is 0 Å². The van der Waals surface area contributed by atoms with Gasteiger partial charge in [-0.1, -0.05) is 56.7 Å². The summed E-state index contributed by atoms with van der Waals surface area (Å²) in [6.07, 6.45) is 16.8. The van der Waals surface area contributed by atoms with E-state index in [2.05, 4.69) is 62.7 Å². The fourth-order valence-corrected chi connectivity index (χ4v) is 2.80. The minimum atomic E-state index is -0.0393. The normalized spacial score (nSPS) is 34.8. The predicted molar refractivity (Wildman–Crippen MR) is 78.6 cm³/mol. The Balaban J connectivity index is 2.37. The zero-order valence-electron chi connectivity index (χ0n) is 11.7. The lowest BCUT2D eigenvalue weighted by molar-refractivity contribution is 0.547.